The third-order valence-electron chi connectivity index (χ3n) is 6.12. The van der Waals surface area contributed by atoms with Crippen molar-refractivity contribution in [2.75, 3.05) is 36.4 Å². The average molecular weight is 525 g/mol. The molecule has 0 aliphatic carbocycles. The quantitative estimate of drug-likeness (QED) is 0.464. The molecule has 2 aliphatic rings. The highest BCUT2D eigenvalue weighted by atomic mass is 32.2. The molecular weight excluding hydrogens is 492 g/mol. The van der Waals surface area contributed by atoms with Crippen molar-refractivity contribution in [3.8, 4) is 0 Å². The van der Waals surface area contributed by atoms with Crippen LogP contribution in [0.4, 0.5) is 33.7 Å². The van der Waals surface area contributed by atoms with Gasteiger partial charge in [-0.3, -0.25) is 0 Å². The number of ether oxygens (including phenoxy) is 1. The molecular formula is C22H32F4N4O4S. The van der Waals surface area contributed by atoms with Crippen LogP contribution in [0.3, 0.4) is 0 Å². The van der Waals surface area contributed by atoms with E-state index in [0.29, 0.717) is 0 Å². The Labute approximate surface area is 203 Å². The van der Waals surface area contributed by atoms with Gasteiger partial charge < -0.3 is 19.9 Å². The molecule has 2 saturated heterocycles. The highest BCUT2D eigenvalue weighted by Crippen LogP contribution is 2.35. The molecule has 2 N–H and O–H groups in total. The SMILES string of the molecule is C[C@@H]1CN(c2c(F)c(F)c(NC(=O)N3CCC(NS(=O)(=O)C(C)(C)C)CC3)c(F)c2F)C[C@H](C)O1. The molecule has 0 saturated carbocycles. The summed E-state index contributed by atoms with van der Waals surface area (Å²) in [6.45, 7) is 8.28. The van der Waals surface area contributed by atoms with Crippen molar-refractivity contribution in [2.45, 2.75) is 70.5 Å². The number of nitrogens with one attached hydrogen (secondary N) is 2. The van der Waals surface area contributed by atoms with E-state index in [1.54, 1.807) is 34.6 Å². The molecule has 0 radical (unpaired) electrons. The number of likely N-dealkylation sites (tertiary alicyclic amines) is 1. The third kappa shape index (κ3) is 5.83. The lowest BCUT2D eigenvalue weighted by Gasteiger charge is -2.37. The predicted octanol–water partition coefficient (Wildman–Crippen LogP) is 3.57. The number of nitrogens with zero attached hydrogens (tertiary/aromatic N) is 2. The summed E-state index contributed by atoms with van der Waals surface area (Å²) in [5.74, 6) is -6.61. The Hall–Kier alpha value is -2.12. The number of amides is 2. The van der Waals surface area contributed by atoms with Gasteiger partial charge in [-0.15, -0.1) is 0 Å². The van der Waals surface area contributed by atoms with Crippen LogP contribution in [0.5, 0.6) is 0 Å². The number of rotatable bonds is 4. The normalized spacial score (nSPS) is 22.4. The summed E-state index contributed by atoms with van der Waals surface area (Å²) in [6.07, 6.45) is -0.274. The molecule has 1 aromatic carbocycles. The summed E-state index contributed by atoms with van der Waals surface area (Å²) in [5.41, 5.74) is -2.05. The van der Waals surface area contributed by atoms with Gasteiger partial charge >= 0.3 is 6.03 Å². The van der Waals surface area contributed by atoms with Crippen LogP contribution >= 0.6 is 0 Å². The second kappa shape index (κ2) is 10.1. The van der Waals surface area contributed by atoms with E-state index >= 15 is 0 Å². The molecule has 198 valence electrons. The molecule has 3 rings (SSSR count). The van der Waals surface area contributed by atoms with Crippen molar-refractivity contribution in [1.29, 1.82) is 0 Å². The monoisotopic (exact) mass is 524 g/mol. The van der Waals surface area contributed by atoms with Crippen LogP contribution in [0.15, 0.2) is 0 Å². The predicted molar refractivity (Wildman–Crippen MR) is 124 cm³/mol. The van der Waals surface area contributed by atoms with Crippen LogP contribution < -0.4 is 14.9 Å². The zero-order valence-corrected chi connectivity index (χ0v) is 21.2. The number of carbonyl (C=O) groups is 1. The van der Waals surface area contributed by atoms with E-state index in [2.05, 4.69) is 4.72 Å². The van der Waals surface area contributed by atoms with Crippen molar-refractivity contribution in [3.05, 3.63) is 23.3 Å². The van der Waals surface area contributed by atoms with Gasteiger partial charge in [-0.25, -0.2) is 35.5 Å². The number of carbonyl (C=O) groups excluding carboxylic acids is 1. The maximum atomic E-state index is 14.8. The lowest BCUT2D eigenvalue weighted by molar-refractivity contribution is -0.00565. The minimum atomic E-state index is -3.59. The summed E-state index contributed by atoms with van der Waals surface area (Å²) in [4.78, 5) is 15.0. The lowest BCUT2D eigenvalue weighted by Crippen LogP contribution is -2.51. The Morgan fingerprint density at radius 2 is 1.43 bits per heavy atom. The Morgan fingerprint density at radius 1 is 0.943 bits per heavy atom. The highest BCUT2D eigenvalue weighted by Gasteiger charge is 2.35. The topological polar surface area (TPSA) is 91.0 Å². The number of hydrogen-bond donors (Lipinski definition) is 2. The Bertz CT molecular complexity index is 1030. The van der Waals surface area contributed by atoms with E-state index in [1.807, 2.05) is 5.32 Å². The fourth-order valence-electron chi connectivity index (χ4n) is 4.15. The number of hydrogen-bond acceptors (Lipinski definition) is 5. The molecule has 2 aliphatic heterocycles. The van der Waals surface area contributed by atoms with E-state index in [9.17, 15) is 30.8 Å². The zero-order valence-electron chi connectivity index (χ0n) is 20.4. The smallest absolute Gasteiger partial charge is 0.322 e. The molecule has 2 amide bonds. The average Bonchev–Trinajstić information content (AvgIpc) is 2.74. The lowest BCUT2D eigenvalue weighted by atomic mass is 10.1. The van der Waals surface area contributed by atoms with Crippen LogP contribution in [0.2, 0.25) is 0 Å². The van der Waals surface area contributed by atoms with Crippen molar-refractivity contribution < 1.29 is 35.5 Å². The number of piperidine rings is 1. The standard InChI is InChI=1S/C22H32F4N4O4S/c1-12-10-30(11-13(2)34-12)20-17(25)15(23)19(16(24)18(20)26)27-21(31)29-8-6-14(7-9-29)28-35(32,33)22(3,4)5/h12-14,28H,6-11H2,1-5H3,(H,27,31)/t12-,13+. The number of morpholine rings is 1. The van der Waals surface area contributed by atoms with E-state index in [4.69, 9.17) is 4.74 Å². The summed E-state index contributed by atoms with van der Waals surface area (Å²) < 4.78 is 91.0. The van der Waals surface area contributed by atoms with Gasteiger partial charge in [0.05, 0.1) is 17.0 Å². The third-order valence-corrected chi connectivity index (χ3v) is 8.37. The van der Waals surface area contributed by atoms with Crippen molar-refractivity contribution in [3.63, 3.8) is 0 Å². The molecule has 0 spiro atoms. The minimum Gasteiger partial charge on any atom is -0.372 e. The number of urea groups is 1. The van der Waals surface area contributed by atoms with Crippen molar-refractivity contribution in [2.24, 2.45) is 0 Å². The Kier molecular flexibility index (Phi) is 7.92. The summed E-state index contributed by atoms with van der Waals surface area (Å²) in [5, 5.41) is 1.94. The largest absolute Gasteiger partial charge is 0.372 e. The number of sulfonamides is 1. The second-order valence-electron chi connectivity index (χ2n) is 10.1. The van der Waals surface area contributed by atoms with Gasteiger partial charge in [-0.05, 0) is 47.5 Å². The van der Waals surface area contributed by atoms with Crippen LogP contribution in [-0.4, -0.2) is 68.5 Å². The molecule has 2 heterocycles. The fourth-order valence-corrected chi connectivity index (χ4v) is 5.18. The Morgan fingerprint density at radius 3 is 1.89 bits per heavy atom. The number of benzene rings is 1. The molecule has 13 heteroatoms. The highest BCUT2D eigenvalue weighted by molar-refractivity contribution is 7.90. The molecule has 0 unspecified atom stereocenters. The van der Waals surface area contributed by atoms with E-state index in [1.165, 1.54) is 9.80 Å². The van der Waals surface area contributed by atoms with Crippen LogP contribution in [0, 0.1) is 23.3 Å². The molecule has 0 bridgehead atoms. The van der Waals surface area contributed by atoms with Crippen molar-refractivity contribution in [1.82, 2.24) is 9.62 Å². The second-order valence-corrected chi connectivity index (χ2v) is 12.5. The van der Waals surface area contributed by atoms with Gasteiger partial charge in [0.15, 0.2) is 23.3 Å². The number of anilines is 2. The first kappa shape index (κ1) is 27.5. The molecule has 1 aromatic rings. The van der Waals surface area contributed by atoms with Gasteiger partial charge in [0.25, 0.3) is 0 Å². The zero-order chi connectivity index (χ0) is 26.3. The molecule has 2 fully saturated rings. The summed E-state index contributed by atoms with van der Waals surface area (Å²) in [6, 6.07) is -1.36. The van der Waals surface area contributed by atoms with E-state index in [-0.39, 0.29) is 39.0 Å². The van der Waals surface area contributed by atoms with Gasteiger partial charge in [-0.2, -0.15) is 0 Å². The van der Waals surface area contributed by atoms with Gasteiger partial charge in [-0.1, -0.05) is 0 Å². The maximum absolute atomic E-state index is 14.8. The van der Waals surface area contributed by atoms with Gasteiger partial charge in [0, 0.05) is 32.2 Å². The fraction of sp³-hybridized carbons (Fsp3) is 0.682. The number of halogens is 4. The molecule has 2 atom stereocenters. The molecule has 8 nitrogen and oxygen atoms in total. The first-order chi connectivity index (χ1) is 16.1. The van der Waals surface area contributed by atoms with Crippen LogP contribution in [0.1, 0.15) is 47.5 Å². The van der Waals surface area contributed by atoms with E-state index in [0.717, 1.165) is 0 Å². The van der Waals surface area contributed by atoms with Crippen LogP contribution in [0.25, 0.3) is 0 Å². The van der Waals surface area contributed by atoms with Gasteiger partial charge in [0.1, 0.15) is 11.4 Å². The maximum Gasteiger partial charge on any atom is 0.322 e. The molecule has 0 aromatic heterocycles. The van der Waals surface area contributed by atoms with Crippen molar-refractivity contribution >= 4 is 27.4 Å². The Balaban J connectivity index is 1.71. The van der Waals surface area contributed by atoms with E-state index < -0.39 is 73.7 Å². The first-order valence-electron chi connectivity index (χ1n) is 11.5. The summed E-state index contributed by atoms with van der Waals surface area (Å²) >= 11 is 0. The minimum absolute atomic E-state index is 0.0384. The molecule has 35 heavy (non-hydrogen) atoms. The van der Waals surface area contributed by atoms with Gasteiger partial charge in [0.2, 0.25) is 10.0 Å². The van der Waals surface area contributed by atoms with Crippen LogP contribution in [-0.2, 0) is 14.8 Å². The first-order valence-corrected chi connectivity index (χ1v) is 12.9. The summed E-state index contributed by atoms with van der Waals surface area (Å²) in [7, 11) is -3.59.